The van der Waals surface area contributed by atoms with E-state index in [1.165, 1.54) is 0 Å². The van der Waals surface area contributed by atoms with Gasteiger partial charge in [0.05, 0.1) is 12.1 Å². The van der Waals surface area contributed by atoms with Gasteiger partial charge in [0.25, 0.3) is 0 Å². The highest BCUT2D eigenvalue weighted by atomic mass is 16.3. The molecule has 100 valence electrons. The SMILES string of the molecule is CC(C)CCNC(=O)C(C)N1CCC[C@H](O)C1. The lowest BCUT2D eigenvalue weighted by atomic mass is 10.1. The molecule has 1 aliphatic rings. The fraction of sp³-hybridized carbons (Fsp3) is 0.923. The maximum Gasteiger partial charge on any atom is 0.237 e. The lowest BCUT2D eigenvalue weighted by molar-refractivity contribution is -0.127. The molecule has 1 rings (SSSR count). The van der Waals surface area contributed by atoms with Gasteiger partial charge < -0.3 is 10.4 Å². The summed E-state index contributed by atoms with van der Waals surface area (Å²) >= 11 is 0. The molecule has 1 heterocycles. The predicted molar refractivity (Wildman–Crippen MR) is 68.7 cm³/mol. The van der Waals surface area contributed by atoms with Crippen LogP contribution < -0.4 is 5.32 Å². The van der Waals surface area contributed by atoms with Crippen molar-refractivity contribution in [1.29, 1.82) is 0 Å². The van der Waals surface area contributed by atoms with Crippen molar-refractivity contribution in [3.05, 3.63) is 0 Å². The van der Waals surface area contributed by atoms with Gasteiger partial charge in [-0.15, -0.1) is 0 Å². The Balaban J connectivity index is 2.30. The van der Waals surface area contributed by atoms with Crippen LogP contribution in [0.1, 0.15) is 40.0 Å². The van der Waals surface area contributed by atoms with E-state index >= 15 is 0 Å². The molecule has 0 bridgehead atoms. The second-order valence-corrected chi connectivity index (χ2v) is 5.44. The molecule has 4 heteroatoms. The Morgan fingerprint density at radius 3 is 2.76 bits per heavy atom. The standard InChI is InChI=1S/C13H26N2O2/c1-10(2)6-7-14-13(17)11(3)15-8-4-5-12(16)9-15/h10-12,16H,4-9H2,1-3H3,(H,14,17)/t11?,12-/m0/s1. The van der Waals surface area contributed by atoms with Crippen LogP contribution in [0, 0.1) is 5.92 Å². The highest BCUT2D eigenvalue weighted by Gasteiger charge is 2.25. The number of aliphatic hydroxyl groups is 1. The summed E-state index contributed by atoms with van der Waals surface area (Å²) in [6.07, 6.45) is 2.58. The first-order valence-corrected chi connectivity index (χ1v) is 6.70. The molecule has 0 spiro atoms. The quantitative estimate of drug-likeness (QED) is 0.756. The van der Waals surface area contributed by atoms with Gasteiger partial charge in [0.15, 0.2) is 0 Å². The number of carbonyl (C=O) groups excluding carboxylic acids is 1. The van der Waals surface area contributed by atoms with Crippen molar-refractivity contribution in [2.75, 3.05) is 19.6 Å². The number of hydrogen-bond donors (Lipinski definition) is 2. The van der Waals surface area contributed by atoms with Crippen molar-refractivity contribution in [3.8, 4) is 0 Å². The zero-order valence-corrected chi connectivity index (χ0v) is 11.3. The van der Waals surface area contributed by atoms with Gasteiger partial charge >= 0.3 is 0 Å². The predicted octanol–water partition coefficient (Wildman–Crippen LogP) is 0.994. The summed E-state index contributed by atoms with van der Waals surface area (Å²) < 4.78 is 0. The molecular formula is C13H26N2O2. The molecule has 17 heavy (non-hydrogen) atoms. The molecule has 0 aromatic carbocycles. The number of rotatable bonds is 5. The molecule has 0 radical (unpaired) electrons. The van der Waals surface area contributed by atoms with E-state index in [9.17, 15) is 9.90 Å². The number of β-amino-alcohol motifs (C(OH)–C–C–N with tert-alkyl or cyclic N) is 1. The first kappa shape index (κ1) is 14.5. The topological polar surface area (TPSA) is 52.6 Å². The molecule has 1 fully saturated rings. The summed E-state index contributed by atoms with van der Waals surface area (Å²) in [7, 11) is 0. The van der Waals surface area contributed by atoms with E-state index < -0.39 is 0 Å². The third kappa shape index (κ3) is 5.04. The van der Waals surface area contributed by atoms with Crippen molar-refractivity contribution in [2.24, 2.45) is 5.92 Å². The highest BCUT2D eigenvalue weighted by molar-refractivity contribution is 5.81. The van der Waals surface area contributed by atoms with Crippen LogP contribution >= 0.6 is 0 Å². The minimum Gasteiger partial charge on any atom is -0.392 e. The van der Waals surface area contributed by atoms with Crippen LogP contribution in [0.25, 0.3) is 0 Å². The van der Waals surface area contributed by atoms with Crippen molar-refractivity contribution in [1.82, 2.24) is 10.2 Å². The van der Waals surface area contributed by atoms with Gasteiger partial charge in [-0.3, -0.25) is 9.69 Å². The van der Waals surface area contributed by atoms with Crippen LogP contribution in [0.4, 0.5) is 0 Å². The fourth-order valence-corrected chi connectivity index (χ4v) is 2.13. The van der Waals surface area contributed by atoms with Crippen LogP contribution in [0.15, 0.2) is 0 Å². The third-order valence-electron chi connectivity index (χ3n) is 3.38. The molecule has 0 aromatic rings. The number of amides is 1. The molecular weight excluding hydrogens is 216 g/mol. The number of likely N-dealkylation sites (tertiary alicyclic amines) is 1. The summed E-state index contributed by atoms with van der Waals surface area (Å²) in [6.45, 7) is 8.50. The fourth-order valence-electron chi connectivity index (χ4n) is 2.13. The first-order valence-electron chi connectivity index (χ1n) is 6.70. The van der Waals surface area contributed by atoms with Gasteiger partial charge in [-0.2, -0.15) is 0 Å². The third-order valence-corrected chi connectivity index (χ3v) is 3.38. The average molecular weight is 242 g/mol. The number of nitrogens with zero attached hydrogens (tertiary/aromatic N) is 1. The molecule has 0 aromatic heterocycles. The normalized spacial score (nSPS) is 23.7. The number of carbonyl (C=O) groups is 1. The Morgan fingerprint density at radius 1 is 1.47 bits per heavy atom. The average Bonchev–Trinajstić information content (AvgIpc) is 2.27. The summed E-state index contributed by atoms with van der Waals surface area (Å²) in [5.74, 6) is 0.696. The monoisotopic (exact) mass is 242 g/mol. The molecule has 1 unspecified atom stereocenters. The van der Waals surface area contributed by atoms with Gasteiger partial charge in [0.2, 0.25) is 5.91 Å². The van der Waals surface area contributed by atoms with Gasteiger partial charge in [-0.05, 0) is 38.6 Å². The number of hydrogen-bond acceptors (Lipinski definition) is 3. The summed E-state index contributed by atoms with van der Waals surface area (Å²) in [4.78, 5) is 14.0. The Morgan fingerprint density at radius 2 is 2.18 bits per heavy atom. The zero-order valence-electron chi connectivity index (χ0n) is 11.3. The van der Waals surface area contributed by atoms with E-state index in [1.807, 2.05) is 6.92 Å². The van der Waals surface area contributed by atoms with E-state index in [0.717, 1.165) is 32.4 Å². The molecule has 1 aliphatic heterocycles. The second-order valence-electron chi connectivity index (χ2n) is 5.44. The van der Waals surface area contributed by atoms with Crippen LogP contribution in [0.5, 0.6) is 0 Å². The minimum atomic E-state index is -0.269. The minimum absolute atomic E-state index is 0.0831. The second kappa shape index (κ2) is 6.97. The lowest BCUT2D eigenvalue weighted by Gasteiger charge is -2.34. The first-order chi connectivity index (χ1) is 8.00. The van der Waals surface area contributed by atoms with Crippen molar-refractivity contribution >= 4 is 5.91 Å². The highest BCUT2D eigenvalue weighted by Crippen LogP contribution is 2.12. The summed E-state index contributed by atoms with van der Waals surface area (Å²) in [5, 5.41) is 12.5. The van der Waals surface area contributed by atoms with E-state index in [2.05, 4.69) is 24.1 Å². The molecule has 0 aliphatic carbocycles. The van der Waals surface area contributed by atoms with Crippen LogP contribution in [0.2, 0.25) is 0 Å². The largest absolute Gasteiger partial charge is 0.392 e. The lowest BCUT2D eigenvalue weighted by Crippen LogP contribution is -2.50. The van der Waals surface area contributed by atoms with E-state index in [-0.39, 0.29) is 18.1 Å². The van der Waals surface area contributed by atoms with Crippen molar-refractivity contribution in [2.45, 2.75) is 52.2 Å². The Hall–Kier alpha value is -0.610. The Labute approximate surface area is 104 Å². The van der Waals surface area contributed by atoms with Crippen LogP contribution in [0.3, 0.4) is 0 Å². The van der Waals surface area contributed by atoms with Crippen LogP contribution in [-0.2, 0) is 4.79 Å². The molecule has 4 nitrogen and oxygen atoms in total. The van der Waals surface area contributed by atoms with E-state index in [4.69, 9.17) is 0 Å². The zero-order chi connectivity index (χ0) is 12.8. The number of aliphatic hydroxyl groups excluding tert-OH is 1. The molecule has 2 atom stereocenters. The van der Waals surface area contributed by atoms with Gasteiger partial charge in [-0.25, -0.2) is 0 Å². The summed E-state index contributed by atoms with van der Waals surface area (Å²) in [5.41, 5.74) is 0. The van der Waals surface area contributed by atoms with Gasteiger partial charge in [0.1, 0.15) is 0 Å². The number of piperidine rings is 1. The van der Waals surface area contributed by atoms with Crippen molar-refractivity contribution in [3.63, 3.8) is 0 Å². The Kier molecular flexibility index (Phi) is 5.92. The number of nitrogens with one attached hydrogen (secondary N) is 1. The van der Waals surface area contributed by atoms with Crippen LogP contribution in [-0.4, -0.2) is 47.7 Å². The molecule has 2 N–H and O–H groups in total. The molecule has 0 saturated carbocycles. The molecule has 1 saturated heterocycles. The molecule has 1 amide bonds. The van der Waals surface area contributed by atoms with Crippen molar-refractivity contribution < 1.29 is 9.90 Å². The maximum atomic E-state index is 11.9. The Bertz CT molecular complexity index is 244. The van der Waals surface area contributed by atoms with E-state index in [0.29, 0.717) is 12.5 Å². The van der Waals surface area contributed by atoms with E-state index in [1.54, 1.807) is 0 Å². The van der Waals surface area contributed by atoms with Gasteiger partial charge in [0, 0.05) is 13.1 Å². The maximum absolute atomic E-state index is 11.9. The van der Waals surface area contributed by atoms with Gasteiger partial charge in [-0.1, -0.05) is 13.8 Å². The summed E-state index contributed by atoms with van der Waals surface area (Å²) in [6, 6.07) is -0.128. The smallest absolute Gasteiger partial charge is 0.237 e.